The number of carbonyl (C=O) groups is 1. The Kier molecular flexibility index (Phi) is 6.25. The number of furan rings is 1. The molecular weight excluding hydrogens is 388 g/mol. The molecule has 0 aliphatic carbocycles. The molecule has 1 fully saturated rings. The standard InChI is InChI=1S/C18H20N2O5S2/c21-18(20-9-12-26(22)13-10-20)8-5-15-3-6-17(7-4-15)27(23,24)19-14-16-2-1-11-25-16/h1-8,11,19H,9-10,12-14H2/b8-5+. The van der Waals surface area contributed by atoms with Crippen LogP contribution in [0.1, 0.15) is 11.3 Å². The number of amides is 1. The average Bonchev–Trinajstić information content (AvgIpc) is 3.19. The Balaban J connectivity index is 1.59. The van der Waals surface area contributed by atoms with Gasteiger partial charge in [0.1, 0.15) is 5.76 Å². The lowest BCUT2D eigenvalue weighted by molar-refractivity contribution is -0.125. The van der Waals surface area contributed by atoms with Crippen LogP contribution in [0, 0.1) is 0 Å². The molecular formula is C18H20N2O5S2. The fourth-order valence-electron chi connectivity index (χ4n) is 2.55. The third kappa shape index (κ3) is 5.38. The van der Waals surface area contributed by atoms with Gasteiger partial charge >= 0.3 is 0 Å². The molecule has 7 nitrogen and oxygen atoms in total. The summed E-state index contributed by atoms with van der Waals surface area (Å²) in [5.41, 5.74) is 0.717. The second-order valence-corrected chi connectivity index (χ2v) is 9.44. The molecule has 2 heterocycles. The topological polar surface area (TPSA) is 96.7 Å². The van der Waals surface area contributed by atoms with Crippen molar-refractivity contribution in [2.75, 3.05) is 24.6 Å². The first-order valence-corrected chi connectivity index (χ1v) is 11.4. The molecule has 0 saturated carbocycles. The van der Waals surface area contributed by atoms with E-state index >= 15 is 0 Å². The molecule has 144 valence electrons. The lowest BCUT2D eigenvalue weighted by Gasteiger charge is -2.24. The average molecular weight is 409 g/mol. The fourth-order valence-corrected chi connectivity index (χ4v) is 4.60. The van der Waals surface area contributed by atoms with Gasteiger partial charge in [-0.25, -0.2) is 13.1 Å². The minimum atomic E-state index is -3.64. The van der Waals surface area contributed by atoms with E-state index in [1.54, 1.807) is 35.2 Å². The number of hydrogen-bond donors (Lipinski definition) is 1. The Morgan fingerprint density at radius 2 is 1.89 bits per heavy atom. The first-order chi connectivity index (χ1) is 12.9. The van der Waals surface area contributed by atoms with Gasteiger partial charge in [0.05, 0.1) is 17.7 Å². The van der Waals surface area contributed by atoms with Crippen LogP contribution in [-0.4, -0.2) is 48.0 Å². The van der Waals surface area contributed by atoms with Gasteiger partial charge in [0.25, 0.3) is 0 Å². The number of hydrogen-bond acceptors (Lipinski definition) is 5. The zero-order chi connectivity index (χ0) is 19.3. The van der Waals surface area contributed by atoms with Crippen molar-refractivity contribution in [3.05, 3.63) is 60.1 Å². The Morgan fingerprint density at radius 3 is 2.52 bits per heavy atom. The molecule has 1 aliphatic heterocycles. The lowest BCUT2D eigenvalue weighted by Crippen LogP contribution is -2.40. The summed E-state index contributed by atoms with van der Waals surface area (Å²) in [5.74, 6) is 1.41. The smallest absolute Gasteiger partial charge is 0.246 e. The molecule has 1 aromatic carbocycles. The molecule has 27 heavy (non-hydrogen) atoms. The molecule has 0 unspecified atom stereocenters. The van der Waals surface area contributed by atoms with E-state index in [4.69, 9.17) is 4.42 Å². The highest BCUT2D eigenvalue weighted by molar-refractivity contribution is 7.89. The molecule has 0 atom stereocenters. The lowest BCUT2D eigenvalue weighted by atomic mass is 10.2. The summed E-state index contributed by atoms with van der Waals surface area (Å²) in [7, 11) is -4.47. The zero-order valence-electron chi connectivity index (χ0n) is 14.5. The van der Waals surface area contributed by atoms with Crippen molar-refractivity contribution in [1.82, 2.24) is 9.62 Å². The Labute approximate surface area is 160 Å². The molecule has 9 heteroatoms. The Hall–Kier alpha value is -2.23. The quantitative estimate of drug-likeness (QED) is 0.728. The maximum atomic E-state index is 12.3. The van der Waals surface area contributed by atoms with Crippen LogP contribution in [0.3, 0.4) is 0 Å². The van der Waals surface area contributed by atoms with Crippen molar-refractivity contribution in [2.24, 2.45) is 0 Å². The first kappa shape index (κ1) is 19.5. The molecule has 1 N–H and O–H groups in total. The van der Waals surface area contributed by atoms with Gasteiger partial charge in [-0.05, 0) is 35.9 Å². The third-order valence-corrected chi connectivity index (χ3v) is 6.81. The highest BCUT2D eigenvalue weighted by Gasteiger charge is 2.18. The number of nitrogens with one attached hydrogen (secondary N) is 1. The van der Waals surface area contributed by atoms with E-state index in [1.165, 1.54) is 24.5 Å². The van der Waals surface area contributed by atoms with Gasteiger partial charge < -0.3 is 9.32 Å². The van der Waals surface area contributed by atoms with Crippen LogP contribution in [0.4, 0.5) is 0 Å². The van der Waals surface area contributed by atoms with Crippen LogP contribution in [0.15, 0.2) is 58.1 Å². The van der Waals surface area contributed by atoms with E-state index in [1.807, 2.05) is 0 Å². The summed E-state index contributed by atoms with van der Waals surface area (Å²) < 4.78 is 43.5. The molecule has 2 aromatic rings. The van der Waals surface area contributed by atoms with Crippen LogP contribution in [0.2, 0.25) is 0 Å². The van der Waals surface area contributed by atoms with Crippen LogP contribution < -0.4 is 4.72 Å². The summed E-state index contributed by atoms with van der Waals surface area (Å²) in [5, 5.41) is 0. The van der Waals surface area contributed by atoms with Crippen molar-refractivity contribution < 1.29 is 21.8 Å². The highest BCUT2D eigenvalue weighted by atomic mass is 32.2. The predicted octanol–water partition coefficient (Wildman–Crippen LogP) is 1.36. The van der Waals surface area contributed by atoms with Gasteiger partial charge in [-0.15, -0.1) is 0 Å². The predicted molar refractivity (Wildman–Crippen MR) is 103 cm³/mol. The Bertz CT molecular complexity index is 925. The molecule has 1 amide bonds. The zero-order valence-corrected chi connectivity index (χ0v) is 16.2. The Morgan fingerprint density at radius 1 is 1.19 bits per heavy atom. The second kappa shape index (κ2) is 8.64. The monoisotopic (exact) mass is 408 g/mol. The summed E-state index contributed by atoms with van der Waals surface area (Å²) in [6.07, 6.45) is 4.57. The van der Waals surface area contributed by atoms with Gasteiger partial charge in [-0.2, -0.15) is 0 Å². The van der Waals surface area contributed by atoms with Crippen LogP contribution in [0.25, 0.3) is 6.08 Å². The molecule has 1 aliphatic rings. The van der Waals surface area contributed by atoms with Gasteiger partial charge in [0.2, 0.25) is 15.9 Å². The normalized spacial score (nSPS) is 16.1. The van der Waals surface area contributed by atoms with E-state index in [9.17, 15) is 17.4 Å². The second-order valence-electron chi connectivity index (χ2n) is 5.98. The fraction of sp³-hybridized carbons (Fsp3) is 0.278. The molecule has 1 saturated heterocycles. The summed E-state index contributed by atoms with van der Waals surface area (Å²) >= 11 is 0. The summed E-state index contributed by atoms with van der Waals surface area (Å²) in [4.78, 5) is 13.9. The van der Waals surface area contributed by atoms with Gasteiger partial charge in [0, 0.05) is 41.5 Å². The highest BCUT2D eigenvalue weighted by Crippen LogP contribution is 2.13. The number of sulfonamides is 1. The van der Waals surface area contributed by atoms with Crippen LogP contribution in [-0.2, 0) is 32.2 Å². The first-order valence-electron chi connectivity index (χ1n) is 8.38. The largest absolute Gasteiger partial charge is 0.468 e. The number of rotatable bonds is 6. The van der Waals surface area contributed by atoms with Crippen LogP contribution in [0.5, 0.6) is 0 Å². The van der Waals surface area contributed by atoms with E-state index in [0.717, 1.165) is 0 Å². The molecule has 3 rings (SSSR count). The number of carbonyl (C=O) groups excluding carboxylic acids is 1. The van der Waals surface area contributed by atoms with Crippen molar-refractivity contribution in [3.8, 4) is 0 Å². The molecule has 1 aromatic heterocycles. The van der Waals surface area contributed by atoms with Gasteiger partial charge in [-0.3, -0.25) is 9.00 Å². The minimum absolute atomic E-state index is 0.0755. The van der Waals surface area contributed by atoms with Crippen LogP contribution >= 0.6 is 0 Å². The molecule has 0 radical (unpaired) electrons. The summed E-state index contributed by atoms with van der Waals surface area (Å²) in [6.45, 7) is 1.06. The SMILES string of the molecule is O=C(/C=C/c1ccc(S(=O)(=O)NCc2ccco2)cc1)N1CCS(=O)CC1. The van der Waals surface area contributed by atoms with Gasteiger partial charge in [0.15, 0.2) is 0 Å². The molecule has 0 spiro atoms. The third-order valence-electron chi connectivity index (χ3n) is 4.11. The maximum Gasteiger partial charge on any atom is 0.246 e. The summed E-state index contributed by atoms with van der Waals surface area (Å²) in [6, 6.07) is 9.62. The van der Waals surface area contributed by atoms with E-state index in [-0.39, 0.29) is 17.3 Å². The van der Waals surface area contributed by atoms with Crippen molar-refractivity contribution in [2.45, 2.75) is 11.4 Å². The van der Waals surface area contributed by atoms with E-state index < -0.39 is 20.8 Å². The van der Waals surface area contributed by atoms with Crippen molar-refractivity contribution in [3.63, 3.8) is 0 Å². The van der Waals surface area contributed by atoms with Crippen molar-refractivity contribution in [1.29, 1.82) is 0 Å². The van der Waals surface area contributed by atoms with E-state index in [0.29, 0.717) is 35.9 Å². The maximum absolute atomic E-state index is 12.3. The number of benzene rings is 1. The van der Waals surface area contributed by atoms with E-state index in [2.05, 4.69) is 4.72 Å². The minimum Gasteiger partial charge on any atom is -0.468 e. The molecule has 0 bridgehead atoms. The van der Waals surface area contributed by atoms with Gasteiger partial charge in [-0.1, -0.05) is 12.1 Å². The number of nitrogens with zero attached hydrogens (tertiary/aromatic N) is 1. The van der Waals surface area contributed by atoms with Crippen molar-refractivity contribution >= 4 is 32.8 Å².